The van der Waals surface area contributed by atoms with E-state index in [1.807, 2.05) is 6.92 Å². The van der Waals surface area contributed by atoms with Gasteiger partial charge in [-0.25, -0.2) is 0 Å². The molecule has 0 fully saturated rings. The maximum Gasteiger partial charge on any atom is 0.312 e. The number of ether oxygens (including phenoxy) is 1. The molecule has 7 heteroatoms. The minimum atomic E-state index is -0.553. The van der Waals surface area contributed by atoms with Crippen molar-refractivity contribution in [1.82, 2.24) is 0 Å². The van der Waals surface area contributed by atoms with Gasteiger partial charge in [0.25, 0.3) is 0 Å². The number of benzene rings is 1. The van der Waals surface area contributed by atoms with Crippen LogP contribution in [-0.4, -0.2) is 17.3 Å². The highest BCUT2D eigenvalue weighted by atomic mass is 35.5. The lowest BCUT2D eigenvalue weighted by Gasteiger charge is -2.11. The highest BCUT2D eigenvalue weighted by Gasteiger charge is 2.18. The van der Waals surface area contributed by atoms with Crippen LogP contribution in [0.2, 0.25) is 10.0 Å². The summed E-state index contributed by atoms with van der Waals surface area (Å²) < 4.78 is 5.35. The number of hydrogen-bond donors (Lipinski definition) is 1. The minimum Gasteiger partial charge on any atom is -0.486 e. The molecule has 4 nitrogen and oxygen atoms in total. The largest absolute Gasteiger partial charge is 0.486 e. The molecule has 0 aromatic heterocycles. The molecule has 0 amide bonds. The number of rotatable bonds is 5. The van der Waals surface area contributed by atoms with Crippen molar-refractivity contribution in [3.8, 4) is 5.75 Å². The molecule has 1 unspecified atom stereocenters. The number of nitrogens with zero attached hydrogens (tertiary/aromatic N) is 1. The van der Waals surface area contributed by atoms with E-state index in [9.17, 15) is 10.1 Å². The minimum absolute atomic E-state index is 0.123. The summed E-state index contributed by atoms with van der Waals surface area (Å²) in [5, 5.41) is 11.2. The van der Waals surface area contributed by atoms with E-state index in [0.29, 0.717) is 12.4 Å². The van der Waals surface area contributed by atoms with Crippen molar-refractivity contribution in [3.63, 3.8) is 0 Å². The van der Waals surface area contributed by atoms with Crippen molar-refractivity contribution in [2.45, 2.75) is 6.92 Å². The average molecular weight is 296 g/mol. The third-order valence-corrected chi connectivity index (χ3v) is 3.38. The number of thiol groups is 1. The van der Waals surface area contributed by atoms with Crippen LogP contribution in [0.3, 0.4) is 0 Å². The lowest BCUT2D eigenvalue weighted by molar-refractivity contribution is -0.385. The molecular weight excluding hydrogens is 285 g/mol. The molecule has 1 aromatic carbocycles. The summed E-state index contributed by atoms with van der Waals surface area (Å²) in [7, 11) is 0. The Balaban J connectivity index is 2.96. The molecule has 0 heterocycles. The lowest BCUT2D eigenvalue weighted by Crippen LogP contribution is -2.10. The smallest absolute Gasteiger partial charge is 0.312 e. The summed E-state index contributed by atoms with van der Waals surface area (Å²) in [6.45, 7) is 2.26. The van der Waals surface area contributed by atoms with E-state index in [0.717, 1.165) is 0 Å². The Hall–Kier alpha value is -0.650. The van der Waals surface area contributed by atoms with Crippen molar-refractivity contribution in [3.05, 3.63) is 32.3 Å². The Morgan fingerprint density at radius 3 is 2.59 bits per heavy atom. The van der Waals surface area contributed by atoms with Crippen LogP contribution >= 0.6 is 35.8 Å². The summed E-state index contributed by atoms with van der Waals surface area (Å²) >= 11 is 15.6. The quantitative estimate of drug-likeness (QED) is 0.510. The molecule has 1 aromatic rings. The molecule has 94 valence electrons. The standard InChI is InChI=1S/C10H11Cl2NO3S/c1-6(5-17)4-16-10-3-8(12)7(11)2-9(10)13(14)15/h2-3,6,17H,4-5H2,1H3. The van der Waals surface area contributed by atoms with Gasteiger partial charge < -0.3 is 4.74 Å². The summed E-state index contributed by atoms with van der Waals surface area (Å²) in [6, 6.07) is 2.54. The first-order valence-corrected chi connectivity index (χ1v) is 6.21. The highest BCUT2D eigenvalue weighted by molar-refractivity contribution is 7.80. The van der Waals surface area contributed by atoms with Gasteiger partial charge in [-0.1, -0.05) is 30.1 Å². The van der Waals surface area contributed by atoms with E-state index in [2.05, 4.69) is 12.6 Å². The fourth-order valence-electron chi connectivity index (χ4n) is 1.06. The Morgan fingerprint density at radius 2 is 2.06 bits per heavy atom. The second-order valence-corrected chi connectivity index (χ2v) is 4.77. The van der Waals surface area contributed by atoms with Crippen LogP contribution < -0.4 is 4.74 Å². The summed E-state index contributed by atoms with van der Waals surface area (Å²) in [4.78, 5) is 10.3. The molecule has 0 bridgehead atoms. The second kappa shape index (κ2) is 6.33. The Kier molecular flexibility index (Phi) is 5.36. The van der Waals surface area contributed by atoms with Crippen molar-refractivity contribution < 1.29 is 9.66 Å². The van der Waals surface area contributed by atoms with E-state index in [4.69, 9.17) is 27.9 Å². The van der Waals surface area contributed by atoms with Crippen molar-refractivity contribution in [1.29, 1.82) is 0 Å². The molecule has 0 saturated carbocycles. The van der Waals surface area contributed by atoms with Gasteiger partial charge in [0.1, 0.15) is 0 Å². The van der Waals surface area contributed by atoms with E-state index < -0.39 is 4.92 Å². The fourth-order valence-corrected chi connectivity index (χ4v) is 1.48. The van der Waals surface area contributed by atoms with Gasteiger partial charge in [-0.2, -0.15) is 12.6 Å². The third-order valence-electron chi connectivity index (χ3n) is 2.03. The highest BCUT2D eigenvalue weighted by Crippen LogP contribution is 2.35. The van der Waals surface area contributed by atoms with Crippen molar-refractivity contribution >= 4 is 41.5 Å². The number of nitro groups is 1. The lowest BCUT2D eigenvalue weighted by atomic mass is 10.2. The van der Waals surface area contributed by atoms with Crippen LogP contribution in [0.25, 0.3) is 0 Å². The summed E-state index contributed by atoms with van der Waals surface area (Å²) in [5.74, 6) is 0.945. The maximum absolute atomic E-state index is 10.8. The molecule has 0 aliphatic carbocycles. The van der Waals surface area contributed by atoms with Gasteiger partial charge >= 0.3 is 5.69 Å². The zero-order valence-electron chi connectivity index (χ0n) is 9.02. The predicted octanol–water partition coefficient (Wildman–Crippen LogP) is 3.85. The topological polar surface area (TPSA) is 52.4 Å². The first-order chi connectivity index (χ1) is 7.95. The third kappa shape index (κ3) is 3.94. The molecule has 17 heavy (non-hydrogen) atoms. The number of halogens is 2. The Morgan fingerprint density at radius 1 is 1.47 bits per heavy atom. The zero-order chi connectivity index (χ0) is 13.0. The number of hydrogen-bond acceptors (Lipinski definition) is 4. The van der Waals surface area contributed by atoms with E-state index in [-0.39, 0.29) is 27.4 Å². The van der Waals surface area contributed by atoms with E-state index >= 15 is 0 Å². The molecular formula is C10H11Cl2NO3S. The molecule has 0 radical (unpaired) electrons. The van der Waals surface area contributed by atoms with Crippen LogP contribution in [0.15, 0.2) is 12.1 Å². The molecule has 0 aliphatic heterocycles. The van der Waals surface area contributed by atoms with Crippen LogP contribution in [0.1, 0.15) is 6.92 Å². The van der Waals surface area contributed by atoms with Gasteiger partial charge in [-0.05, 0) is 11.7 Å². The molecule has 1 rings (SSSR count). The monoisotopic (exact) mass is 295 g/mol. The van der Waals surface area contributed by atoms with Gasteiger partial charge in [0.2, 0.25) is 0 Å². The first-order valence-electron chi connectivity index (χ1n) is 4.82. The molecule has 0 saturated heterocycles. The Labute approximate surface area is 114 Å². The van der Waals surface area contributed by atoms with E-state index in [1.165, 1.54) is 12.1 Å². The van der Waals surface area contributed by atoms with Crippen molar-refractivity contribution in [2.24, 2.45) is 5.92 Å². The van der Waals surface area contributed by atoms with Gasteiger partial charge in [-0.3, -0.25) is 10.1 Å². The summed E-state index contributed by atoms with van der Waals surface area (Å²) in [5.41, 5.74) is -0.189. The van der Waals surface area contributed by atoms with Gasteiger partial charge in [-0.15, -0.1) is 0 Å². The van der Waals surface area contributed by atoms with Crippen LogP contribution in [0.5, 0.6) is 5.75 Å². The molecule has 0 spiro atoms. The second-order valence-electron chi connectivity index (χ2n) is 3.59. The van der Waals surface area contributed by atoms with Crippen LogP contribution in [-0.2, 0) is 0 Å². The average Bonchev–Trinajstić information content (AvgIpc) is 2.29. The normalized spacial score (nSPS) is 12.2. The van der Waals surface area contributed by atoms with Gasteiger partial charge in [0.05, 0.1) is 21.6 Å². The Bertz CT molecular complexity index is 428. The van der Waals surface area contributed by atoms with Crippen LogP contribution in [0.4, 0.5) is 5.69 Å². The van der Waals surface area contributed by atoms with Crippen LogP contribution in [0, 0.1) is 16.0 Å². The van der Waals surface area contributed by atoms with Gasteiger partial charge in [0, 0.05) is 12.1 Å². The van der Waals surface area contributed by atoms with E-state index in [1.54, 1.807) is 0 Å². The summed E-state index contributed by atoms with van der Waals surface area (Å²) in [6.07, 6.45) is 0. The predicted molar refractivity (Wildman–Crippen MR) is 71.6 cm³/mol. The first kappa shape index (κ1) is 14.4. The molecule has 0 aliphatic rings. The maximum atomic E-state index is 10.8. The SMILES string of the molecule is CC(CS)COc1cc(Cl)c(Cl)cc1[N+](=O)[O-]. The zero-order valence-corrected chi connectivity index (χ0v) is 11.4. The molecule has 1 atom stereocenters. The van der Waals surface area contributed by atoms with Gasteiger partial charge in [0.15, 0.2) is 5.75 Å². The molecule has 0 N–H and O–H groups in total. The van der Waals surface area contributed by atoms with Crippen molar-refractivity contribution in [2.75, 3.05) is 12.4 Å². The fraction of sp³-hybridized carbons (Fsp3) is 0.400. The number of nitro benzene ring substituents is 1.